The third kappa shape index (κ3) is 6.45. The lowest BCUT2D eigenvalue weighted by Gasteiger charge is -2.32. The molecule has 0 unspecified atom stereocenters. The summed E-state index contributed by atoms with van der Waals surface area (Å²) in [6, 6.07) is 13.5. The zero-order chi connectivity index (χ0) is 24.8. The number of hydrazone groups is 1. The largest absolute Gasteiger partial charge is 0.506 e. The van der Waals surface area contributed by atoms with Crippen molar-refractivity contribution in [3.05, 3.63) is 69.8 Å². The lowest BCUT2D eigenvalue weighted by atomic mass is 9.96. The van der Waals surface area contributed by atoms with Crippen LogP contribution >= 0.6 is 39.5 Å². The first kappa shape index (κ1) is 25.3. The molecule has 1 aliphatic rings. The van der Waals surface area contributed by atoms with Gasteiger partial charge in [-0.3, -0.25) is 15.2 Å². The molecule has 0 radical (unpaired) electrons. The lowest BCUT2D eigenvalue weighted by molar-refractivity contribution is -0.126. The third-order valence-electron chi connectivity index (χ3n) is 5.90. The Balaban J connectivity index is 1.28. The number of carbonyl (C=O) groups excluding carboxylic acids is 1. The topological polar surface area (TPSA) is 89.9 Å². The molecule has 0 atom stereocenters. The number of aromatic hydroxyl groups is 1. The number of halogens is 1. The Bertz CT molecular complexity index is 1210. The van der Waals surface area contributed by atoms with Gasteiger partial charge in [0, 0.05) is 35.1 Å². The molecule has 0 bridgehead atoms. The molecule has 3 heterocycles. The fraction of sp³-hybridized carbons (Fsp3) is 0.280. The van der Waals surface area contributed by atoms with E-state index >= 15 is 0 Å². The number of hydrogen-bond acceptors (Lipinski definition) is 6. The number of rotatable bonds is 6. The highest BCUT2D eigenvalue weighted by Crippen LogP contribution is 2.39. The molecule has 1 saturated heterocycles. The number of nitrogens with one attached hydrogen (secondary N) is 2. The van der Waals surface area contributed by atoms with Crippen LogP contribution in [0.5, 0.6) is 5.75 Å². The van der Waals surface area contributed by atoms with Crippen LogP contribution < -0.4 is 10.7 Å². The Morgan fingerprint density at radius 2 is 2.00 bits per heavy atom. The van der Waals surface area contributed by atoms with Crippen molar-refractivity contribution in [2.75, 3.05) is 13.1 Å². The fourth-order valence-electron chi connectivity index (χ4n) is 3.85. The normalized spacial score (nSPS) is 14.6. The first-order valence-corrected chi connectivity index (χ1v) is 13.3. The van der Waals surface area contributed by atoms with Crippen molar-refractivity contribution >= 4 is 56.2 Å². The zero-order valence-corrected chi connectivity index (χ0v) is 22.4. The molecule has 35 heavy (non-hydrogen) atoms. The first-order valence-electron chi connectivity index (χ1n) is 11.3. The summed E-state index contributed by atoms with van der Waals surface area (Å²) in [7, 11) is 0. The van der Waals surface area contributed by atoms with Gasteiger partial charge in [-0.05, 0) is 61.8 Å². The van der Waals surface area contributed by atoms with Crippen molar-refractivity contribution in [2.45, 2.75) is 26.3 Å². The maximum Gasteiger partial charge on any atom is 0.223 e. The molecule has 2 aromatic heterocycles. The van der Waals surface area contributed by atoms with Crippen molar-refractivity contribution in [1.82, 2.24) is 20.6 Å². The van der Waals surface area contributed by atoms with Crippen LogP contribution in [0.25, 0.3) is 10.4 Å². The van der Waals surface area contributed by atoms with E-state index in [0.717, 1.165) is 33.4 Å². The summed E-state index contributed by atoms with van der Waals surface area (Å²) in [4.78, 5) is 19.6. The molecule has 182 valence electrons. The molecular formula is C25H26BrN5O2S2. The molecule has 0 spiro atoms. The van der Waals surface area contributed by atoms with Crippen LogP contribution in [-0.4, -0.2) is 44.8 Å². The van der Waals surface area contributed by atoms with Gasteiger partial charge in [-0.25, -0.2) is 0 Å². The number of carbonyl (C=O) groups is 1. The van der Waals surface area contributed by atoms with Gasteiger partial charge < -0.3 is 15.3 Å². The maximum absolute atomic E-state index is 12.5. The minimum Gasteiger partial charge on any atom is -0.506 e. The molecule has 3 N–H and O–H groups in total. The SMILES string of the molecule is CC(=NNC(=S)N1CCC(C(=O)NCc2ccccn2)CC1)c1csc(-c2ccc(Br)cc2)c1O. The highest BCUT2D eigenvalue weighted by molar-refractivity contribution is 9.10. The standard InChI is InChI=1S/C25H26BrN5O2S2/c1-16(21-15-35-23(22(21)32)17-5-7-19(26)8-6-17)29-30-25(34)31-12-9-18(10-13-31)24(33)28-14-20-4-2-3-11-27-20/h2-8,11,15,18,32H,9-10,12-14H2,1H3,(H,28,33)(H,30,34). The smallest absolute Gasteiger partial charge is 0.223 e. The van der Waals surface area contributed by atoms with Crippen LogP contribution in [0.3, 0.4) is 0 Å². The first-order chi connectivity index (χ1) is 16.9. The lowest BCUT2D eigenvalue weighted by Crippen LogP contribution is -2.45. The van der Waals surface area contributed by atoms with Gasteiger partial charge in [-0.1, -0.05) is 34.1 Å². The maximum atomic E-state index is 12.5. The van der Waals surface area contributed by atoms with E-state index in [2.05, 4.69) is 36.8 Å². The molecule has 0 saturated carbocycles. The van der Waals surface area contributed by atoms with Gasteiger partial charge in [-0.2, -0.15) is 5.10 Å². The van der Waals surface area contributed by atoms with Gasteiger partial charge in [0.2, 0.25) is 5.91 Å². The number of amides is 1. The van der Waals surface area contributed by atoms with E-state index in [4.69, 9.17) is 12.2 Å². The number of piperidine rings is 1. The van der Waals surface area contributed by atoms with Gasteiger partial charge in [0.1, 0.15) is 5.75 Å². The molecule has 1 fully saturated rings. The molecular weight excluding hydrogens is 546 g/mol. The Morgan fingerprint density at radius 1 is 1.26 bits per heavy atom. The molecule has 7 nitrogen and oxygen atoms in total. The van der Waals surface area contributed by atoms with Gasteiger partial charge in [-0.15, -0.1) is 11.3 Å². The van der Waals surface area contributed by atoms with Crippen molar-refractivity contribution in [1.29, 1.82) is 0 Å². The summed E-state index contributed by atoms with van der Waals surface area (Å²) in [5.74, 6) is 0.226. The third-order valence-corrected chi connectivity index (χ3v) is 7.80. The van der Waals surface area contributed by atoms with Crippen LogP contribution in [0.1, 0.15) is 31.0 Å². The number of thiophene rings is 1. The van der Waals surface area contributed by atoms with Gasteiger partial charge in [0.05, 0.1) is 28.4 Å². The second kappa shape index (κ2) is 11.7. The summed E-state index contributed by atoms with van der Waals surface area (Å²) < 4.78 is 0.988. The van der Waals surface area contributed by atoms with Crippen LogP contribution in [0, 0.1) is 5.92 Å². The van der Waals surface area contributed by atoms with Crippen LogP contribution in [0.2, 0.25) is 0 Å². The zero-order valence-electron chi connectivity index (χ0n) is 19.2. The van der Waals surface area contributed by atoms with E-state index in [0.29, 0.717) is 36.0 Å². The van der Waals surface area contributed by atoms with Gasteiger partial charge >= 0.3 is 0 Å². The Labute approximate surface area is 222 Å². The van der Waals surface area contributed by atoms with Crippen molar-refractivity contribution in [3.63, 3.8) is 0 Å². The summed E-state index contributed by atoms with van der Waals surface area (Å²) in [5.41, 5.74) is 6.06. The molecule has 4 rings (SSSR count). The molecule has 1 aliphatic heterocycles. The predicted molar refractivity (Wildman–Crippen MR) is 147 cm³/mol. The fourth-order valence-corrected chi connectivity index (χ4v) is 5.35. The monoisotopic (exact) mass is 571 g/mol. The van der Waals surface area contributed by atoms with E-state index in [1.165, 1.54) is 11.3 Å². The number of hydrogen-bond donors (Lipinski definition) is 3. The van der Waals surface area contributed by atoms with Crippen LogP contribution in [0.4, 0.5) is 0 Å². The Kier molecular flexibility index (Phi) is 8.48. The minimum absolute atomic E-state index is 0.0391. The number of benzene rings is 1. The van der Waals surface area contributed by atoms with E-state index in [9.17, 15) is 9.90 Å². The van der Waals surface area contributed by atoms with E-state index in [1.807, 2.05) is 59.7 Å². The van der Waals surface area contributed by atoms with E-state index in [-0.39, 0.29) is 17.6 Å². The summed E-state index contributed by atoms with van der Waals surface area (Å²) in [6.07, 6.45) is 3.17. The molecule has 10 heteroatoms. The van der Waals surface area contributed by atoms with Crippen LogP contribution in [0.15, 0.2) is 63.6 Å². The summed E-state index contributed by atoms with van der Waals surface area (Å²) in [6.45, 7) is 3.63. The molecule has 1 aromatic carbocycles. The predicted octanol–water partition coefficient (Wildman–Crippen LogP) is 4.91. The molecule has 0 aliphatic carbocycles. The van der Waals surface area contributed by atoms with Crippen molar-refractivity contribution in [3.8, 4) is 16.2 Å². The average molecular weight is 573 g/mol. The Hall–Kier alpha value is -2.82. The second-order valence-electron chi connectivity index (χ2n) is 8.25. The minimum atomic E-state index is -0.0391. The molecule has 3 aromatic rings. The summed E-state index contributed by atoms with van der Waals surface area (Å²) in [5, 5.41) is 20.5. The number of thiocarbonyl (C=S) groups is 1. The number of nitrogens with zero attached hydrogens (tertiary/aromatic N) is 3. The van der Waals surface area contributed by atoms with Crippen LogP contribution in [-0.2, 0) is 11.3 Å². The van der Waals surface area contributed by atoms with Gasteiger partial charge in [0.15, 0.2) is 5.11 Å². The average Bonchev–Trinajstić information content (AvgIpc) is 3.28. The van der Waals surface area contributed by atoms with E-state index in [1.54, 1.807) is 6.20 Å². The number of aromatic nitrogens is 1. The number of pyridine rings is 1. The summed E-state index contributed by atoms with van der Waals surface area (Å²) >= 11 is 10.4. The Morgan fingerprint density at radius 3 is 2.69 bits per heavy atom. The number of likely N-dealkylation sites (tertiary alicyclic amines) is 1. The quantitative estimate of drug-likeness (QED) is 0.221. The second-order valence-corrected chi connectivity index (χ2v) is 10.4. The highest BCUT2D eigenvalue weighted by Gasteiger charge is 2.26. The van der Waals surface area contributed by atoms with E-state index < -0.39 is 0 Å². The highest BCUT2D eigenvalue weighted by atomic mass is 79.9. The van der Waals surface area contributed by atoms with Gasteiger partial charge in [0.25, 0.3) is 0 Å². The van der Waals surface area contributed by atoms with Crippen molar-refractivity contribution in [2.24, 2.45) is 11.0 Å². The van der Waals surface area contributed by atoms with Crippen molar-refractivity contribution < 1.29 is 9.90 Å². The molecule has 1 amide bonds.